The number of aromatic nitrogens is 4. The van der Waals surface area contributed by atoms with Gasteiger partial charge in [-0.1, -0.05) is 29.8 Å². The Balaban J connectivity index is 1.35. The summed E-state index contributed by atoms with van der Waals surface area (Å²) in [6.45, 7) is 2.05. The summed E-state index contributed by atoms with van der Waals surface area (Å²) < 4.78 is 1.88. The van der Waals surface area contributed by atoms with Crippen molar-refractivity contribution in [2.24, 2.45) is 0 Å². The average molecular weight is 401 g/mol. The predicted molar refractivity (Wildman–Crippen MR) is 114 cm³/mol. The van der Waals surface area contributed by atoms with Crippen molar-refractivity contribution in [3.8, 4) is 22.5 Å². The van der Waals surface area contributed by atoms with E-state index in [-0.39, 0.29) is 5.91 Å². The molecule has 2 aromatic carbocycles. The molecule has 5 rings (SSSR count). The molecule has 0 saturated heterocycles. The largest absolute Gasteiger partial charge is 0.321 e. The molecular weight excluding hydrogens is 382 g/mol. The van der Waals surface area contributed by atoms with Gasteiger partial charge in [-0.05, 0) is 71.5 Å². The van der Waals surface area contributed by atoms with Crippen LogP contribution in [0.5, 0.6) is 0 Å². The second-order valence-electron chi connectivity index (χ2n) is 7.24. The van der Waals surface area contributed by atoms with Crippen LogP contribution in [-0.4, -0.2) is 26.1 Å². The first-order chi connectivity index (χ1) is 14.2. The summed E-state index contributed by atoms with van der Waals surface area (Å²) >= 11 is 1.45. The molecule has 0 radical (unpaired) electrons. The normalized spacial score (nSPS) is 13.4. The van der Waals surface area contributed by atoms with Gasteiger partial charge in [-0.25, -0.2) is 4.68 Å². The van der Waals surface area contributed by atoms with Gasteiger partial charge in [0.15, 0.2) is 5.82 Å². The third kappa shape index (κ3) is 3.56. The summed E-state index contributed by atoms with van der Waals surface area (Å²) in [5, 5.41) is 17.0. The van der Waals surface area contributed by atoms with E-state index in [4.69, 9.17) is 0 Å². The predicted octanol–water partition coefficient (Wildman–Crippen LogP) is 4.96. The molecule has 2 aromatic heterocycles. The van der Waals surface area contributed by atoms with E-state index >= 15 is 0 Å². The first kappa shape index (κ1) is 17.8. The second-order valence-corrected chi connectivity index (χ2v) is 8.16. The van der Waals surface area contributed by atoms with Gasteiger partial charge in [0.1, 0.15) is 0 Å². The first-order valence-corrected chi connectivity index (χ1v) is 10.4. The van der Waals surface area contributed by atoms with Gasteiger partial charge in [-0.15, -0.1) is 16.4 Å². The lowest BCUT2D eigenvalue weighted by atomic mass is 10.0. The lowest BCUT2D eigenvalue weighted by Gasteiger charge is -2.08. The van der Waals surface area contributed by atoms with Gasteiger partial charge in [-0.2, -0.15) is 0 Å². The van der Waals surface area contributed by atoms with Crippen LogP contribution in [0, 0.1) is 6.92 Å². The molecule has 1 aliphatic carbocycles. The van der Waals surface area contributed by atoms with E-state index in [2.05, 4.69) is 39.9 Å². The van der Waals surface area contributed by atoms with Gasteiger partial charge >= 0.3 is 0 Å². The van der Waals surface area contributed by atoms with E-state index in [1.807, 2.05) is 52.5 Å². The quantitative estimate of drug-likeness (QED) is 0.513. The van der Waals surface area contributed by atoms with Crippen molar-refractivity contribution >= 4 is 22.9 Å². The maximum atomic E-state index is 12.9. The average Bonchev–Trinajstić information content (AvgIpc) is 3.26. The molecule has 0 aliphatic heterocycles. The zero-order chi connectivity index (χ0) is 19.8. The molecule has 1 amide bonds. The summed E-state index contributed by atoms with van der Waals surface area (Å²) in [6.07, 6.45) is 2.24. The van der Waals surface area contributed by atoms with Crippen molar-refractivity contribution in [2.75, 3.05) is 5.32 Å². The molecule has 0 unspecified atom stereocenters. The highest BCUT2D eigenvalue weighted by Gasteiger charge is 2.28. The minimum Gasteiger partial charge on any atom is -0.321 e. The maximum absolute atomic E-state index is 12.9. The van der Waals surface area contributed by atoms with Crippen LogP contribution in [0.15, 0.2) is 60.0 Å². The van der Waals surface area contributed by atoms with E-state index in [1.54, 1.807) is 0 Å². The molecule has 1 aliphatic rings. The molecule has 1 fully saturated rings. The van der Waals surface area contributed by atoms with Crippen molar-refractivity contribution in [1.29, 1.82) is 0 Å². The molecule has 0 spiro atoms. The molecule has 29 heavy (non-hydrogen) atoms. The number of benzene rings is 2. The third-order valence-corrected chi connectivity index (χ3v) is 5.93. The van der Waals surface area contributed by atoms with Gasteiger partial charge in [0.2, 0.25) is 0 Å². The number of anilines is 1. The molecule has 6 nitrogen and oxygen atoms in total. The molecule has 144 valence electrons. The minimum atomic E-state index is -0.105. The summed E-state index contributed by atoms with van der Waals surface area (Å²) in [4.78, 5) is 13.6. The number of rotatable bonds is 5. The third-order valence-electron chi connectivity index (χ3n) is 5.02. The van der Waals surface area contributed by atoms with Gasteiger partial charge in [0.05, 0.1) is 10.9 Å². The van der Waals surface area contributed by atoms with E-state index in [1.165, 1.54) is 16.9 Å². The summed E-state index contributed by atoms with van der Waals surface area (Å²) in [5.74, 6) is 0.663. The lowest BCUT2D eigenvalue weighted by Crippen LogP contribution is -2.11. The fourth-order valence-electron chi connectivity index (χ4n) is 3.28. The molecule has 7 heteroatoms. The van der Waals surface area contributed by atoms with Crippen LogP contribution < -0.4 is 5.32 Å². The van der Waals surface area contributed by atoms with Gasteiger partial charge in [-0.3, -0.25) is 4.79 Å². The topological polar surface area (TPSA) is 72.7 Å². The Labute approximate surface area is 172 Å². The number of thiophene rings is 1. The molecule has 1 saturated carbocycles. The highest BCUT2D eigenvalue weighted by atomic mass is 32.1. The summed E-state index contributed by atoms with van der Waals surface area (Å²) in [5.41, 5.74) is 4.88. The number of amides is 1. The number of aryl methyl sites for hydroxylation is 1. The van der Waals surface area contributed by atoms with Gasteiger partial charge < -0.3 is 5.32 Å². The van der Waals surface area contributed by atoms with Crippen LogP contribution in [-0.2, 0) is 0 Å². The van der Waals surface area contributed by atoms with E-state index in [0.717, 1.165) is 41.0 Å². The second kappa shape index (κ2) is 7.25. The fraction of sp³-hybridized carbons (Fsp3) is 0.182. The van der Waals surface area contributed by atoms with Crippen LogP contribution in [0.2, 0.25) is 0 Å². The van der Waals surface area contributed by atoms with Gasteiger partial charge in [0.25, 0.3) is 5.91 Å². The molecule has 0 bridgehead atoms. The molecule has 2 heterocycles. The summed E-state index contributed by atoms with van der Waals surface area (Å²) in [6, 6.07) is 18.3. The van der Waals surface area contributed by atoms with E-state index in [0.29, 0.717) is 10.9 Å². The van der Waals surface area contributed by atoms with Crippen LogP contribution in [0.3, 0.4) is 0 Å². The Bertz CT molecular complexity index is 1160. The zero-order valence-corrected chi connectivity index (χ0v) is 16.7. The lowest BCUT2D eigenvalue weighted by molar-refractivity contribution is 0.103. The van der Waals surface area contributed by atoms with Crippen molar-refractivity contribution < 1.29 is 4.79 Å². The number of carbonyl (C=O) groups is 1. The number of hydrogen-bond acceptors (Lipinski definition) is 5. The Hall–Kier alpha value is -3.32. The van der Waals surface area contributed by atoms with Crippen molar-refractivity contribution in [3.63, 3.8) is 0 Å². The first-order valence-electron chi connectivity index (χ1n) is 9.53. The van der Waals surface area contributed by atoms with E-state index in [9.17, 15) is 4.79 Å². The van der Waals surface area contributed by atoms with Crippen molar-refractivity contribution in [3.05, 3.63) is 70.4 Å². The maximum Gasteiger partial charge on any atom is 0.266 e. The Morgan fingerprint density at radius 1 is 1.03 bits per heavy atom. The standard InChI is InChI=1S/C22H19N5OS/c1-14-2-4-15(5-3-14)19-12-13-29-20(19)22(28)23-17-8-6-16(7-9-17)21-24-25-26-27(21)18-10-11-18/h2-9,12-13,18H,10-11H2,1H3,(H,23,28). The van der Waals surface area contributed by atoms with Crippen molar-refractivity contribution in [1.82, 2.24) is 20.2 Å². The molecule has 1 N–H and O–H groups in total. The highest BCUT2D eigenvalue weighted by Crippen LogP contribution is 2.36. The SMILES string of the molecule is Cc1ccc(-c2ccsc2C(=O)Nc2ccc(-c3nnnn3C3CC3)cc2)cc1. The van der Waals surface area contributed by atoms with Crippen LogP contribution in [0.25, 0.3) is 22.5 Å². The number of hydrogen-bond donors (Lipinski definition) is 1. The minimum absolute atomic E-state index is 0.105. The Kier molecular flexibility index (Phi) is 4.44. The molecule has 4 aromatic rings. The Morgan fingerprint density at radius 3 is 2.48 bits per heavy atom. The zero-order valence-electron chi connectivity index (χ0n) is 15.9. The van der Waals surface area contributed by atoms with Crippen LogP contribution in [0.4, 0.5) is 5.69 Å². The fourth-order valence-corrected chi connectivity index (χ4v) is 4.10. The van der Waals surface area contributed by atoms with Crippen LogP contribution >= 0.6 is 11.3 Å². The molecular formula is C22H19N5OS. The molecule has 0 atom stereocenters. The number of nitrogens with zero attached hydrogens (tertiary/aromatic N) is 4. The van der Waals surface area contributed by atoms with Crippen LogP contribution in [0.1, 0.15) is 34.1 Å². The van der Waals surface area contributed by atoms with Crippen molar-refractivity contribution in [2.45, 2.75) is 25.8 Å². The number of tetrazole rings is 1. The highest BCUT2D eigenvalue weighted by molar-refractivity contribution is 7.12. The number of carbonyl (C=O) groups excluding carboxylic acids is 1. The smallest absolute Gasteiger partial charge is 0.266 e. The summed E-state index contributed by atoms with van der Waals surface area (Å²) in [7, 11) is 0. The van der Waals surface area contributed by atoms with E-state index < -0.39 is 0 Å². The Morgan fingerprint density at radius 2 is 1.76 bits per heavy atom. The monoisotopic (exact) mass is 401 g/mol. The number of nitrogens with one attached hydrogen (secondary N) is 1. The van der Waals surface area contributed by atoms with Gasteiger partial charge in [0, 0.05) is 16.8 Å².